The van der Waals surface area contributed by atoms with Crippen LogP contribution in [0, 0.1) is 0 Å². The minimum Gasteiger partial charge on any atom is -0.326 e. The van der Waals surface area contributed by atoms with Crippen LogP contribution >= 0.6 is 0 Å². The lowest BCUT2D eigenvalue weighted by Gasteiger charge is -2.10. The first-order valence-corrected chi connectivity index (χ1v) is 8.39. The number of nitrogens with one attached hydrogen (secondary N) is 1. The predicted molar refractivity (Wildman–Crippen MR) is 99.8 cm³/mol. The van der Waals surface area contributed by atoms with Gasteiger partial charge in [0.2, 0.25) is 11.3 Å². The molecule has 0 aliphatic carbocycles. The fraction of sp³-hybridized carbons (Fsp3) is 0.250. The second kappa shape index (κ2) is 7.30. The Morgan fingerprint density at radius 3 is 2.56 bits per heavy atom. The van der Waals surface area contributed by atoms with E-state index in [1.54, 1.807) is 10.7 Å². The largest absolute Gasteiger partial charge is 0.326 e. The van der Waals surface area contributed by atoms with Gasteiger partial charge in [-0.25, -0.2) is 0 Å². The molecule has 0 fully saturated rings. The minimum absolute atomic E-state index is 0.0816. The first kappa shape index (κ1) is 16.9. The maximum atomic E-state index is 12.2. The van der Waals surface area contributed by atoms with Crippen LogP contribution in [0.4, 0.5) is 5.69 Å². The fourth-order valence-electron chi connectivity index (χ4n) is 2.72. The molecule has 25 heavy (non-hydrogen) atoms. The molecule has 0 radical (unpaired) electrons. The first-order valence-electron chi connectivity index (χ1n) is 8.39. The number of carbonyl (C=O) groups excluding carboxylic acids is 1. The molecule has 0 bridgehead atoms. The Hall–Kier alpha value is -2.95. The first-order chi connectivity index (χ1) is 12.0. The maximum absolute atomic E-state index is 12.2. The van der Waals surface area contributed by atoms with E-state index in [9.17, 15) is 9.59 Å². The number of fused-ring (bicyclic) bond motifs is 1. The van der Waals surface area contributed by atoms with Crippen molar-refractivity contribution in [1.29, 1.82) is 0 Å². The lowest BCUT2D eigenvalue weighted by molar-refractivity contribution is -0.116. The summed E-state index contributed by atoms with van der Waals surface area (Å²) in [5, 5.41) is 7.65. The minimum atomic E-state index is -0.110. The van der Waals surface area contributed by atoms with E-state index < -0.39 is 0 Å². The van der Waals surface area contributed by atoms with Gasteiger partial charge in [-0.05, 0) is 35.7 Å². The van der Waals surface area contributed by atoms with Crippen molar-refractivity contribution in [3.8, 4) is 0 Å². The summed E-state index contributed by atoms with van der Waals surface area (Å²) in [6.07, 6.45) is 1.58. The normalized spacial score (nSPS) is 11.0. The summed E-state index contributed by atoms with van der Waals surface area (Å²) in [6.45, 7) is 4.68. The van der Waals surface area contributed by atoms with E-state index in [4.69, 9.17) is 0 Å². The lowest BCUT2D eigenvalue weighted by atomic mass is 10.0. The molecule has 0 saturated heterocycles. The highest BCUT2D eigenvalue weighted by Crippen LogP contribution is 2.17. The van der Waals surface area contributed by atoms with E-state index >= 15 is 0 Å². The molecular formula is C20H21N3O2. The van der Waals surface area contributed by atoms with Gasteiger partial charge in [0.05, 0.1) is 18.3 Å². The predicted octanol–water partition coefficient (Wildman–Crippen LogP) is 3.55. The number of aryl methyl sites for hydroxylation is 1. The lowest BCUT2D eigenvalue weighted by Crippen LogP contribution is -2.18. The Bertz CT molecular complexity index is 943. The van der Waals surface area contributed by atoms with Gasteiger partial charge in [-0.3, -0.25) is 14.3 Å². The number of rotatable bonds is 5. The number of aromatic nitrogens is 2. The molecule has 5 nitrogen and oxygen atoms in total. The van der Waals surface area contributed by atoms with Crippen molar-refractivity contribution < 1.29 is 4.79 Å². The number of para-hydroxylation sites is 1. The fourth-order valence-corrected chi connectivity index (χ4v) is 2.72. The van der Waals surface area contributed by atoms with Gasteiger partial charge in [-0.1, -0.05) is 38.1 Å². The Balaban J connectivity index is 1.67. The third-order valence-corrected chi connectivity index (χ3v) is 4.17. The Morgan fingerprint density at radius 2 is 1.84 bits per heavy atom. The third kappa shape index (κ3) is 3.94. The van der Waals surface area contributed by atoms with E-state index in [2.05, 4.69) is 24.3 Å². The topological polar surface area (TPSA) is 64.0 Å². The van der Waals surface area contributed by atoms with Gasteiger partial charge in [-0.2, -0.15) is 5.10 Å². The molecule has 128 valence electrons. The molecule has 0 saturated carbocycles. The number of hydrogen-bond donors (Lipinski definition) is 1. The number of amides is 1. The molecule has 1 N–H and O–H groups in total. The van der Waals surface area contributed by atoms with Gasteiger partial charge in [0.15, 0.2) is 0 Å². The molecule has 3 rings (SSSR count). The average molecular weight is 335 g/mol. The van der Waals surface area contributed by atoms with Gasteiger partial charge >= 0.3 is 0 Å². The molecule has 5 heteroatoms. The van der Waals surface area contributed by atoms with Crippen LogP contribution in [-0.2, 0) is 11.3 Å². The monoisotopic (exact) mass is 335 g/mol. The molecule has 1 aromatic heterocycles. The second-order valence-corrected chi connectivity index (χ2v) is 6.32. The summed E-state index contributed by atoms with van der Waals surface area (Å²) < 4.78 is 1.69. The Morgan fingerprint density at radius 1 is 1.12 bits per heavy atom. The molecule has 0 unspecified atom stereocenters. The summed E-state index contributed by atoms with van der Waals surface area (Å²) in [5.41, 5.74) is 2.65. The van der Waals surface area contributed by atoms with Crippen LogP contribution in [0.25, 0.3) is 10.9 Å². The van der Waals surface area contributed by atoms with Crippen LogP contribution in [0.1, 0.15) is 31.7 Å². The number of anilines is 1. The average Bonchev–Trinajstić information content (AvgIpc) is 2.62. The molecule has 1 heterocycles. The molecule has 3 aromatic rings. The summed E-state index contributed by atoms with van der Waals surface area (Å²) in [7, 11) is 0. The molecule has 0 spiro atoms. The second-order valence-electron chi connectivity index (χ2n) is 6.32. The zero-order valence-electron chi connectivity index (χ0n) is 14.4. The van der Waals surface area contributed by atoms with Crippen molar-refractivity contribution in [2.45, 2.75) is 32.7 Å². The van der Waals surface area contributed by atoms with E-state index in [1.807, 2.05) is 42.5 Å². The van der Waals surface area contributed by atoms with Crippen molar-refractivity contribution >= 4 is 22.5 Å². The smallest absolute Gasteiger partial charge is 0.226 e. The highest BCUT2D eigenvalue weighted by molar-refractivity contribution is 5.90. The summed E-state index contributed by atoms with van der Waals surface area (Å²) in [6, 6.07) is 15.2. The van der Waals surface area contributed by atoms with E-state index in [1.165, 1.54) is 11.8 Å². The van der Waals surface area contributed by atoms with Gasteiger partial charge in [-0.15, -0.1) is 0 Å². The molecule has 0 aliphatic rings. The van der Waals surface area contributed by atoms with Gasteiger partial charge < -0.3 is 5.32 Å². The van der Waals surface area contributed by atoms with Crippen LogP contribution in [-0.4, -0.2) is 15.7 Å². The van der Waals surface area contributed by atoms with E-state index in [0.717, 1.165) is 11.2 Å². The quantitative estimate of drug-likeness (QED) is 0.775. The van der Waals surface area contributed by atoms with E-state index in [-0.39, 0.29) is 17.8 Å². The highest BCUT2D eigenvalue weighted by Gasteiger charge is 2.07. The zero-order valence-corrected chi connectivity index (χ0v) is 14.4. The number of carbonyl (C=O) groups is 1. The van der Waals surface area contributed by atoms with Crippen LogP contribution in [0.15, 0.2) is 59.5 Å². The van der Waals surface area contributed by atoms with Crippen LogP contribution in [0.3, 0.4) is 0 Å². The van der Waals surface area contributed by atoms with Crippen molar-refractivity contribution in [3.63, 3.8) is 0 Å². The summed E-state index contributed by atoms with van der Waals surface area (Å²) in [5.74, 6) is 0.381. The van der Waals surface area contributed by atoms with Crippen molar-refractivity contribution in [3.05, 3.63) is 70.5 Å². The number of benzene rings is 2. The van der Waals surface area contributed by atoms with Gasteiger partial charge in [0.1, 0.15) is 0 Å². The van der Waals surface area contributed by atoms with Gasteiger partial charge in [0.25, 0.3) is 0 Å². The third-order valence-electron chi connectivity index (χ3n) is 4.17. The highest BCUT2D eigenvalue weighted by atomic mass is 16.1. The van der Waals surface area contributed by atoms with Crippen molar-refractivity contribution in [1.82, 2.24) is 9.78 Å². The summed E-state index contributed by atoms with van der Waals surface area (Å²) in [4.78, 5) is 24.0. The van der Waals surface area contributed by atoms with Crippen LogP contribution in [0.5, 0.6) is 0 Å². The van der Waals surface area contributed by atoms with Gasteiger partial charge in [0, 0.05) is 17.5 Å². The van der Waals surface area contributed by atoms with Crippen LogP contribution in [0.2, 0.25) is 0 Å². The summed E-state index contributed by atoms with van der Waals surface area (Å²) >= 11 is 0. The van der Waals surface area contributed by atoms with Crippen LogP contribution < -0.4 is 10.7 Å². The Labute approximate surface area is 146 Å². The van der Waals surface area contributed by atoms with Crippen molar-refractivity contribution in [2.75, 3.05) is 5.32 Å². The standard InChI is InChI=1S/C20H21N3O2/c1-14(2)15-7-9-16(10-8-15)22-20(25)11-12-23-18-6-4-3-5-17(18)19(24)13-21-23/h3-10,13-14H,11-12H2,1-2H3,(H,22,25). The zero-order chi connectivity index (χ0) is 17.8. The number of hydrogen-bond acceptors (Lipinski definition) is 3. The molecule has 1 amide bonds. The maximum Gasteiger partial charge on any atom is 0.226 e. The van der Waals surface area contributed by atoms with E-state index in [0.29, 0.717) is 17.8 Å². The number of nitrogens with zero attached hydrogens (tertiary/aromatic N) is 2. The molecule has 0 atom stereocenters. The SMILES string of the molecule is CC(C)c1ccc(NC(=O)CCn2ncc(=O)c3ccccc32)cc1. The molecule has 0 aliphatic heterocycles. The molecular weight excluding hydrogens is 314 g/mol. The molecule has 2 aromatic carbocycles. The Kier molecular flexibility index (Phi) is 4.93. The van der Waals surface area contributed by atoms with Crippen molar-refractivity contribution in [2.24, 2.45) is 0 Å².